The maximum absolute atomic E-state index is 12.3. The SMILES string of the molecule is CSc1nc(C)c(CCC(=O)Nc2ccc(N3CCNC(=O)C3)nc2)c(C)n1. The predicted molar refractivity (Wildman–Crippen MR) is 110 cm³/mol. The molecule has 28 heavy (non-hydrogen) atoms. The molecule has 1 aliphatic rings. The van der Waals surface area contributed by atoms with Gasteiger partial charge < -0.3 is 15.5 Å². The van der Waals surface area contributed by atoms with Gasteiger partial charge in [0.2, 0.25) is 11.8 Å². The van der Waals surface area contributed by atoms with Crippen LogP contribution in [0.5, 0.6) is 0 Å². The molecular weight excluding hydrogens is 376 g/mol. The molecule has 2 amide bonds. The van der Waals surface area contributed by atoms with E-state index in [1.807, 2.05) is 31.1 Å². The topological polar surface area (TPSA) is 100 Å². The van der Waals surface area contributed by atoms with E-state index >= 15 is 0 Å². The molecule has 0 unspecified atom stereocenters. The minimum absolute atomic E-state index is 0.00874. The van der Waals surface area contributed by atoms with Crippen molar-refractivity contribution in [1.29, 1.82) is 0 Å². The van der Waals surface area contributed by atoms with Crippen molar-refractivity contribution in [3.05, 3.63) is 35.3 Å². The Morgan fingerprint density at radius 3 is 2.64 bits per heavy atom. The lowest BCUT2D eigenvalue weighted by molar-refractivity contribution is -0.120. The molecule has 0 atom stereocenters. The first-order valence-corrected chi connectivity index (χ1v) is 10.3. The van der Waals surface area contributed by atoms with Gasteiger partial charge >= 0.3 is 0 Å². The van der Waals surface area contributed by atoms with Gasteiger partial charge in [-0.3, -0.25) is 9.59 Å². The number of carbonyl (C=O) groups is 2. The molecule has 1 saturated heterocycles. The molecule has 2 aromatic heterocycles. The smallest absolute Gasteiger partial charge is 0.239 e. The first kappa shape index (κ1) is 20.1. The van der Waals surface area contributed by atoms with Crippen molar-refractivity contribution in [2.45, 2.75) is 31.8 Å². The lowest BCUT2D eigenvalue weighted by atomic mass is 10.1. The number of hydrogen-bond acceptors (Lipinski definition) is 7. The van der Waals surface area contributed by atoms with E-state index in [1.54, 1.807) is 12.3 Å². The highest BCUT2D eigenvalue weighted by molar-refractivity contribution is 7.98. The molecule has 0 radical (unpaired) electrons. The molecule has 0 saturated carbocycles. The fraction of sp³-hybridized carbons (Fsp3) is 0.421. The van der Waals surface area contributed by atoms with E-state index in [-0.39, 0.29) is 11.8 Å². The van der Waals surface area contributed by atoms with Crippen LogP contribution in [0, 0.1) is 13.8 Å². The molecule has 3 rings (SSSR count). The Balaban J connectivity index is 1.56. The van der Waals surface area contributed by atoms with Crippen LogP contribution in [0.15, 0.2) is 23.5 Å². The average molecular weight is 401 g/mol. The number of aromatic nitrogens is 3. The van der Waals surface area contributed by atoms with Crippen LogP contribution in [0.1, 0.15) is 23.4 Å². The fourth-order valence-corrected chi connectivity index (χ4v) is 3.56. The molecule has 8 nitrogen and oxygen atoms in total. The molecule has 0 bridgehead atoms. The first-order chi connectivity index (χ1) is 13.5. The summed E-state index contributed by atoms with van der Waals surface area (Å²) in [5.74, 6) is 0.635. The van der Waals surface area contributed by atoms with Crippen LogP contribution < -0.4 is 15.5 Å². The number of hydrogen-bond donors (Lipinski definition) is 2. The number of nitrogens with one attached hydrogen (secondary N) is 2. The third-order valence-corrected chi connectivity index (χ3v) is 5.13. The van der Waals surface area contributed by atoms with Gasteiger partial charge in [0.05, 0.1) is 18.4 Å². The number of pyridine rings is 1. The largest absolute Gasteiger partial charge is 0.353 e. The van der Waals surface area contributed by atoms with Gasteiger partial charge in [0.15, 0.2) is 5.16 Å². The predicted octanol–water partition coefficient (Wildman–Crippen LogP) is 1.72. The molecule has 2 N–H and O–H groups in total. The highest BCUT2D eigenvalue weighted by Crippen LogP contribution is 2.18. The summed E-state index contributed by atoms with van der Waals surface area (Å²) in [4.78, 5) is 39.0. The molecule has 0 spiro atoms. The van der Waals surface area contributed by atoms with E-state index in [1.165, 1.54) is 11.8 Å². The van der Waals surface area contributed by atoms with Crippen molar-refractivity contribution >= 4 is 35.1 Å². The minimum Gasteiger partial charge on any atom is -0.353 e. The number of nitrogens with zero attached hydrogens (tertiary/aromatic N) is 4. The fourth-order valence-electron chi connectivity index (χ4n) is 3.10. The summed E-state index contributed by atoms with van der Waals surface area (Å²) in [6.45, 7) is 5.53. The lowest BCUT2D eigenvalue weighted by Gasteiger charge is -2.27. The van der Waals surface area contributed by atoms with Crippen molar-refractivity contribution in [2.24, 2.45) is 0 Å². The second-order valence-corrected chi connectivity index (χ2v) is 7.36. The third-order valence-electron chi connectivity index (χ3n) is 4.58. The molecule has 1 aliphatic heterocycles. The number of rotatable bonds is 6. The first-order valence-electron chi connectivity index (χ1n) is 9.12. The molecule has 1 fully saturated rings. The highest BCUT2D eigenvalue weighted by atomic mass is 32.2. The van der Waals surface area contributed by atoms with E-state index < -0.39 is 0 Å². The van der Waals surface area contributed by atoms with Crippen LogP contribution in [-0.4, -0.2) is 52.7 Å². The number of carbonyl (C=O) groups excluding carboxylic acids is 2. The Labute approximate surface area is 168 Å². The van der Waals surface area contributed by atoms with Gasteiger partial charge in [0.25, 0.3) is 0 Å². The molecule has 0 aromatic carbocycles. The van der Waals surface area contributed by atoms with Crippen LogP contribution in [0.2, 0.25) is 0 Å². The lowest BCUT2D eigenvalue weighted by Crippen LogP contribution is -2.48. The van der Waals surface area contributed by atoms with Crippen LogP contribution >= 0.6 is 11.8 Å². The second kappa shape index (κ2) is 9.01. The van der Waals surface area contributed by atoms with Crippen molar-refractivity contribution in [3.8, 4) is 0 Å². The van der Waals surface area contributed by atoms with Crippen molar-refractivity contribution in [3.63, 3.8) is 0 Å². The number of piperazine rings is 1. The van der Waals surface area contributed by atoms with Gasteiger partial charge in [-0.05, 0) is 44.2 Å². The summed E-state index contributed by atoms with van der Waals surface area (Å²) in [5, 5.41) is 6.40. The number of thioether (sulfide) groups is 1. The summed E-state index contributed by atoms with van der Waals surface area (Å²) in [7, 11) is 0. The molecule has 148 valence electrons. The molecule has 9 heteroatoms. The standard InChI is InChI=1S/C19H24N6O2S/c1-12-15(13(2)23-19(22-12)28-3)5-7-17(26)24-14-4-6-16(21-10-14)25-9-8-20-18(27)11-25/h4,6,10H,5,7-9,11H2,1-3H3,(H,20,27)(H,24,26). The maximum Gasteiger partial charge on any atom is 0.239 e. The number of anilines is 2. The minimum atomic E-state index is -0.0837. The third kappa shape index (κ3) is 4.98. The van der Waals surface area contributed by atoms with Gasteiger partial charge in [-0.1, -0.05) is 11.8 Å². The van der Waals surface area contributed by atoms with Crippen LogP contribution in [0.25, 0.3) is 0 Å². The quantitative estimate of drug-likeness (QED) is 0.562. The molecule has 2 aromatic rings. The van der Waals surface area contributed by atoms with E-state index in [9.17, 15) is 9.59 Å². The van der Waals surface area contributed by atoms with Gasteiger partial charge in [0, 0.05) is 30.9 Å². The summed E-state index contributed by atoms with van der Waals surface area (Å²) < 4.78 is 0. The summed E-state index contributed by atoms with van der Waals surface area (Å²) >= 11 is 1.51. The normalized spacial score (nSPS) is 14.0. The van der Waals surface area contributed by atoms with Gasteiger partial charge in [-0.25, -0.2) is 15.0 Å². The zero-order valence-corrected chi connectivity index (χ0v) is 17.1. The number of aryl methyl sites for hydroxylation is 2. The van der Waals surface area contributed by atoms with E-state index in [2.05, 4.69) is 25.6 Å². The van der Waals surface area contributed by atoms with Crippen LogP contribution in [-0.2, 0) is 16.0 Å². The van der Waals surface area contributed by atoms with Crippen LogP contribution in [0.3, 0.4) is 0 Å². The van der Waals surface area contributed by atoms with E-state index in [0.717, 1.165) is 34.5 Å². The number of amides is 2. The molecular formula is C19H24N6O2S. The molecule has 3 heterocycles. The Morgan fingerprint density at radius 2 is 2.04 bits per heavy atom. The Hall–Kier alpha value is -2.68. The zero-order chi connectivity index (χ0) is 20.1. The molecule has 0 aliphatic carbocycles. The highest BCUT2D eigenvalue weighted by Gasteiger charge is 2.17. The Kier molecular flexibility index (Phi) is 6.45. The van der Waals surface area contributed by atoms with Crippen LogP contribution in [0.4, 0.5) is 11.5 Å². The van der Waals surface area contributed by atoms with Gasteiger partial charge in [0.1, 0.15) is 5.82 Å². The van der Waals surface area contributed by atoms with Gasteiger partial charge in [-0.15, -0.1) is 0 Å². The summed E-state index contributed by atoms with van der Waals surface area (Å²) in [6.07, 6.45) is 4.50. The van der Waals surface area contributed by atoms with Crippen molar-refractivity contribution < 1.29 is 9.59 Å². The second-order valence-electron chi connectivity index (χ2n) is 6.58. The monoisotopic (exact) mass is 400 g/mol. The van der Waals surface area contributed by atoms with E-state index in [4.69, 9.17) is 0 Å². The summed E-state index contributed by atoms with van der Waals surface area (Å²) in [5.41, 5.74) is 3.49. The van der Waals surface area contributed by atoms with Crippen molar-refractivity contribution in [2.75, 3.05) is 36.1 Å². The Morgan fingerprint density at radius 1 is 1.29 bits per heavy atom. The average Bonchev–Trinajstić information content (AvgIpc) is 2.67. The van der Waals surface area contributed by atoms with E-state index in [0.29, 0.717) is 31.6 Å². The maximum atomic E-state index is 12.3. The summed E-state index contributed by atoms with van der Waals surface area (Å²) in [6, 6.07) is 3.62. The van der Waals surface area contributed by atoms with Crippen molar-refractivity contribution in [1.82, 2.24) is 20.3 Å². The zero-order valence-electron chi connectivity index (χ0n) is 16.3. The van der Waals surface area contributed by atoms with Gasteiger partial charge in [-0.2, -0.15) is 0 Å². The Bertz CT molecular complexity index is 848.